The largest absolute Gasteiger partial charge is 0.437 e. The van der Waals surface area contributed by atoms with E-state index >= 15 is 0 Å². The first-order valence-corrected chi connectivity index (χ1v) is 4.30. The van der Waals surface area contributed by atoms with Gasteiger partial charge in [-0.05, 0) is 37.5 Å². The van der Waals surface area contributed by atoms with Crippen LogP contribution in [0.1, 0.15) is 25.7 Å². The van der Waals surface area contributed by atoms with Gasteiger partial charge in [-0.15, -0.1) is 0 Å². The predicted molar refractivity (Wildman–Crippen MR) is 41.4 cm³/mol. The van der Waals surface area contributed by atoms with E-state index in [1.54, 1.807) is 0 Å². The van der Waals surface area contributed by atoms with Crippen molar-refractivity contribution in [2.24, 2.45) is 17.6 Å². The summed E-state index contributed by atoms with van der Waals surface area (Å²) >= 11 is 0. The molecule has 0 heterocycles. The van der Waals surface area contributed by atoms with Crippen molar-refractivity contribution >= 4 is 6.02 Å². The molecule has 2 aliphatic carbocycles. The SMILES string of the molecule is NC(=[NH2+])O[C@@H]1C[C@@H]2CC[C@H]1C2. The molecule has 2 rings (SSSR count). The first kappa shape index (κ1) is 6.95. The number of nitrogens with two attached hydrogens (primary N) is 2. The zero-order valence-corrected chi connectivity index (χ0v) is 6.62. The molecule has 0 unspecified atom stereocenters. The van der Waals surface area contributed by atoms with Gasteiger partial charge in [-0.2, -0.15) is 0 Å². The molecule has 0 saturated heterocycles. The maximum absolute atomic E-state index is 5.32. The fraction of sp³-hybridized carbons (Fsp3) is 0.875. The summed E-state index contributed by atoms with van der Waals surface area (Å²) in [7, 11) is 0. The molecule has 3 heteroatoms. The van der Waals surface area contributed by atoms with Gasteiger partial charge < -0.3 is 4.74 Å². The molecule has 2 fully saturated rings. The minimum atomic E-state index is 0.141. The molecule has 62 valence electrons. The van der Waals surface area contributed by atoms with Crippen molar-refractivity contribution in [3.63, 3.8) is 0 Å². The summed E-state index contributed by atoms with van der Waals surface area (Å²) in [4.78, 5) is 0. The van der Waals surface area contributed by atoms with Crippen molar-refractivity contribution in [3.05, 3.63) is 0 Å². The summed E-state index contributed by atoms with van der Waals surface area (Å²) in [5.41, 5.74) is 5.28. The highest BCUT2D eigenvalue weighted by Crippen LogP contribution is 2.45. The zero-order chi connectivity index (χ0) is 7.84. The standard InChI is InChI=1S/C8H14N2O/c9-8(10)11-7-4-5-1-2-6(7)3-5/h5-7H,1-4H2,(H3,9,10)/p+1/t5-,6+,7-/m1/s1. The molecule has 0 aromatic heterocycles. The van der Waals surface area contributed by atoms with Crippen molar-refractivity contribution in [1.82, 2.24) is 0 Å². The Morgan fingerprint density at radius 1 is 1.36 bits per heavy atom. The Hall–Kier alpha value is -0.730. The van der Waals surface area contributed by atoms with Crippen LogP contribution in [0.15, 0.2) is 0 Å². The minimum absolute atomic E-state index is 0.141. The molecule has 4 N–H and O–H groups in total. The van der Waals surface area contributed by atoms with Gasteiger partial charge in [0.25, 0.3) is 0 Å². The van der Waals surface area contributed by atoms with E-state index in [0.717, 1.165) is 11.8 Å². The molecule has 3 atom stereocenters. The molecule has 0 radical (unpaired) electrons. The number of amidine groups is 1. The van der Waals surface area contributed by atoms with Gasteiger partial charge in [-0.3, -0.25) is 11.1 Å². The Labute approximate surface area is 66.4 Å². The van der Waals surface area contributed by atoms with E-state index in [1.165, 1.54) is 25.7 Å². The zero-order valence-electron chi connectivity index (χ0n) is 6.62. The molecule has 11 heavy (non-hydrogen) atoms. The molecule has 2 bridgehead atoms. The Bertz CT molecular complexity index is 181. The van der Waals surface area contributed by atoms with Crippen molar-refractivity contribution in [1.29, 1.82) is 0 Å². The topological polar surface area (TPSA) is 60.8 Å². The normalized spacial score (nSPS) is 40.9. The fourth-order valence-electron chi connectivity index (χ4n) is 2.51. The molecule has 0 aromatic rings. The molecule has 0 spiro atoms. The van der Waals surface area contributed by atoms with Crippen LogP contribution in [-0.2, 0) is 4.74 Å². The van der Waals surface area contributed by atoms with E-state index in [-0.39, 0.29) is 6.02 Å². The molecule has 0 aliphatic heterocycles. The Morgan fingerprint density at radius 3 is 2.64 bits per heavy atom. The highest BCUT2D eigenvalue weighted by atomic mass is 16.5. The second-order valence-electron chi connectivity index (χ2n) is 3.73. The van der Waals surface area contributed by atoms with Gasteiger partial charge in [0.05, 0.1) is 0 Å². The Kier molecular flexibility index (Phi) is 1.51. The van der Waals surface area contributed by atoms with Crippen LogP contribution in [-0.4, -0.2) is 12.1 Å². The van der Waals surface area contributed by atoms with Crippen LogP contribution in [0.25, 0.3) is 0 Å². The van der Waals surface area contributed by atoms with Gasteiger partial charge in [0.1, 0.15) is 6.10 Å². The second-order valence-corrected chi connectivity index (χ2v) is 3.73. The highest BCUT2D eigenvalue weighted by Gasteiger charge is 2.41. The Balaban J connectivity index is 1.92. The Morgan fingerprint density at radius 2 is 2.18 bits per heavy atom. The summed E-state index contributed by atoms with van der Waals surface area (Å²) in [6, 6.07) is 0.141. The third-order valence-corrected chi connectivity index (χ3v) is 2.96. The number of hydrogen-bond acceptors (Lipinski definition) is 1. The van der Waals surface area contributed by atoms with Gasteiger partial charge in [-0.1, -0.05) is 0 Å². The molecular weight excluding hydrogens is 140 g/mol. The predicted octanol–water partition coefficient (Wildman–Crippen LogP) is -0.735. The smallest absolute Gasteiger partial charge is 0.428 e. The van der Waals surface area contributed by atoms with Crippen molar-refractivity contribution < 1.29 is 10.1 Å². The van der Waals surface area contributed by atoms with Crippen LogP contribution in [0, 0.1) is 11.8 Å². The van der Waals surface area contributed by atoms with Crippen LogP contribution in [0.5, 0.6) is 0 Å². The molecular formula is C8H15N2O+. The first-order chi connectivity index (χ1) is 5.25. The van der Waals surface area contributed by atoms with E-state index < -0.39 is 0 Å². The van der Waals surface area contributed by atoms with Gasteiger partial charge in [0.15, 0.2) is 0 Å². The lowest BCUT2D eigenvalue weighted by Crippen LogP contribution is -2.49. The molecule has 2 aliphatic rings. The maximum atomic E-state index is 5.32. The summed E-state index contributed by atoms with van der Waals surface area (Å²) in [5.74, 6) is 1.63. The maximum Gasteiger partial charge on any atom is 0.437 e. The lowest BCUT2D eigenvalue weighted by atomic mass is 9.98. The number of rotatable bonds is 1. The van der Waals surface area contributed by atoms with Gasteiger partial charge >= 0.3 is 6.02 Å². The minimum Gasteiger partial charge on any atom is -0.428 e. The second kappa shape index (κ2) is 2.40. The monoisotopic (exact) mass is 155 g/mol. The molecule has 0 aromatic carbocycles. The van der Waals surface area contributed by atoms with Gasteiger partial charge in [-0.25, -0.2) is 0 Å². The average molecular weight is 155 g/mol. The van der Waals surface area contributed by atoms with Crippen LogP contribution >= 0.6 is 0 Å². The summed E-state index contributed by atoms with van der Waals surface area (Å²) < 4.78 is 5.32. The molecule has 2 saturated carbocycles. The van der Waals surface area contributed by atoms with E-state index in [2.05, 4.69) is 0 Å². The first-order valence-electron chi connectivity index (χ1n) is 4.30. The van der Waals surface area contributed by atoms with Crippen LogP contribution in [0.3, 0.4) is 0 Å². The summed E-state index contributed by atoms with van der Waals surface area (Å²) in [6.45, 7) is 0. The van der Waals surface area contributed by atoms with Crippen LogP contribution in [0.4, 0.5) is 0 Å². The van der Waals surface area contributed by atoms with Crippen molar-refractivity contribution in [2.45, 2.75) is 31.8 Å². The van der Waals surface area contributed by atoms with Gasteiger partial charge in [0.2, 0.25) is 0 Å². The molecule has 3 nitrogen and oxygen atoms in total. The lowest BCUT2D eigenvalue weighted by Gasteiger charge is -2.19. The summed E-state index contributed by atoms with van der Waals surface area (Å²) in [5, 5.41) is 5.28. The van der Waals surface area contributed by atoms with E-state index in [4.69, 9.17) is 15.9 Å². The average Bonchev–Trinajstić information content (AvgIpc) is 2.45. The third kappa shape index (κ3) is 1.19. The van der Waals surface area contributed by atoms with Crippen molar-refractivity contribution in [2.75, 3.05) is 0 Å². The van der Waals surface area contributed by atoms with Crippen molar-refractivity contribution in [3.8, 4) is 0 Å². The molecule has 0 amide bonds. The number of ether oxygens (including phenoxy) is 1. The van der Waals surface area contributed by atoms with Gasteiger partial charge in [0, 0.05) is 0 Å². The lowest BCUT2D eigenvalue weighted by molar-refractivity contribution is -0.150. The fourth-order valence-corrected chi connectivity index (χ4v) is 2.51. The van der Waals surface area contributed by atoms with E-state index in [9.17, 15) is 0 Å². The number of hydrogen-bond donors (Lipinski definition) is 2. The number of fused-ring (bicyclic) bond motifs is 2. The van der Waals surface area contributed by atoms with E-state index in [1.807, 2.05) is 0 Å². The van der Waals surface area contributed by atoms with E-state index in [0.29, 0.717) is 6.10 Å². The summed E-state index contributed by atoms with van der Waals surface area (Å²) in [6.07, 6.45) is 5.52. The quantitative estimate of drug-likeness (QED) is 0.387. The third-order valence-electron chi connectivity index (χ3n) is 2.96. The highest BCUT2D eigenvalue weighted by molar-refractivity contribution is 5.64. The van der Waals surface area contributed by atoms with Crippen LogP contribution < -0.4 is 11.1 Å². The van der Waals surface area contributed by atoms with Crippen LogP contribution in [0.2, 0.25) is 0 Å².